The first-order valence-corrected chi connectivity index (χ1v) is 1.17. The Labute approximate surface area is 110 Å². The van der Waals surface area contributed by atoms with Crippen LogP contribution >= 0.6 is 11.5 Å². The van der Waals surface area contributed by atoms with Gasteiger partial charge >= 0.3 is 55.4 Å². The zero-order chi connectivity index (χ0) is 3.58. The second-order valence-corrected chi connectivity index (χ2v) is 0.701. The molecule has 0 heterocycles. The van der Waals surface area contributed by atoms with Crippen molar-refractivity contribution in [2.45, 2.75) is 0 Å². The fourth-order valence-corrected chi connectivity index (χ4v) is 0. The van der Waals surface area contributed by atoms with Crippen LogP contribution in [0.4, 0.5) is 0 Å². The van der Waals surface area contributed by atoms with Gasteiger partial charge in [-0.15, -0.1) is 11.5 Å². The van der Waals surface area contributed by atoms with Gasteiger partial charge in [-0.1, -0.05) is 0 Å². The second-order valence-electron chi connectivity index (χ2n) is 0.311. The normalized spacial score (nSPS) is 4.50. The first kappa shape index (κ1) is 16.0. The molecule has 0 rings (SSSR count). The van der Waals surface area contributed by atoms with Crippen LogP contribution in [0.2, 0.25) is 0 Å². The summed E-state index contributed by atoms with van der Waals surface area (Å²) in [6, 6.07) is 0. The van der Waals surface area contributed by atoms with Crippen molar-refractivity contribution >= 4 is 66.9 Å². The molecular formula is H4BBaClLaO2. The van der Waals surface area contributed by atoms with Crippen molar-refractivity contribution in [2.75, 3.05) is 0 Å². The summed E-state index contributed by atoms with van der Waals surface area (Å²) in [5.74, 6) is 0. The monoisotopic (exact) mass is 359 g/mol. The number of hydrogen-bond donors (Lipinski definition) is 2. The molecular weight excluding hydrogens is 354 g/mol. The van der Waals surface area contributed by atoms with Gasteiger partial charge in [-0.25, -0.2) is 0 Å². The molecule has 0 aromatic heterocycles. The fourth-order valence-electron chi connectivity index (χ4n) is 0. The quantitative estimate of drug-likeness (QED) is 0.506. The molecule has 0 bridgehead atoms. The molecule has 0 spiro atoms. The summed E-state index contributed by atoms with van der Waals surface area (Å²) in [6.45, 7) is -1.69. The molecule has 0 aliphatic rings. The van der Waals surface area contributed by atoms with Gasteiger partial charge < -0.3 is 10.0 Å². The van der Waals surface area contributed by atoms with Crippen molar-refractivity contribution in [1.82, 2.24) is 0 Å². The molecule has 0 saturated heterocycles. The molecule has 0 amide bonds. The number of hydrogen-bond acceptors (Lipinski definition) is 2. The molecule has 0 atom stereocenters. The summed E-state index contributed by atoms with van der Waals surface area (Å²) in [6.07, 6.45) is 0. The van der Waals surface area contributed by atoms with Crippen LogP contribution in [0.3, 0.4) is 0 Å². The molecule has 0 aliphatic carbocycles. The smallest absolute Gasteiger partial charge is 0 e. The Kier molecular flexibility index (Phi) is 29.2. The minimum atomic E-state index is -1.69. The minimum absolute atomic E-state index is 0. The van der Waals surface area contributed by atoms with Gasteiger partial charge in [0.25, 0.3) is 0 Å². The Balaban J connectivity index is -0.0000000450. The molecule has 0 unspecified atom stereocenters. The molecule has 0 aromatic rings. The van der Waals surface area contributed by atoms with Gasteiger partial charge in [0.2, 0.25) is 0 Å². The first-order chi connectivity index (χ1) is 1.73. The average molecular weight is 359 g/mol. The van der Waals surface area contributed by atoms with Crippen molar-refractivity contribution in [3.8, 4) is 0 Å². The Morgan fingerprint density at radius 3 is 1.33 bits per heavy atom. The third-order valence-electron chi connectivity index (χ3n) is 0. The van der Waals surface area contributed by atoms with Gasteiger partial charge in [0.05, 0.1) is 0 Å². The van der Waals surface area contributed by atoms with Crippen LogP contribution in [0, 0.1) is 35.6 Å². The zero-order valence-electron chi connectivity index (χ0n) is 2.43. The van der Waals surface area contributed by atoms with Crippen molar-refractivity contribution in [1.29, 1.82) is 0 Å². The maximum absolute atomic E-state index is 7.38. The van der Waals surface area contributed by atoms with E-state index in [2.05, 4.69) is 11.5 Å². The number of rotatable bonds is 0. The minimum Gasteiger partial charge on any atom is 0 e. The molecule has 31 valence electrons. The van der Waals surface area contributed by atoms with Crippen molar-refractivity contribution in [3.05, 3.63) is 0 Å². The number of halogens is 1. The molecule has 2 N–H and O–H groups in total. The van der Waals surface area contributed by atoms with Crippen LogP contribution in [-0.2, 0) is 0 Å². The summed E-state index contributed by atoms with van der Waals surface area (Å²) in [5.41, 5.74) is 0. The SMILES string of the molecule is OB(O)Cl.[BaH2].[La]. The van der Waals surface area contributed by atoms with Gasteiger partial charge in [0.15, 0.2) is 0 Å². The Morgan fingerprint density at radius 1 is 1.33 bits per heavy atom. The van der Waals surface area contributed by atoms with E-state index in [-0.39, 0.29) is 84.5 Å². The fraction of sp³-hybridized carbons (Fsp3) is 0. The maximum atomic E-state index is 7.38. The van der Waals surface area contributed by atoms with E-state index < -0.39 is 6.53 Å². The van der Waals surface area contributed by atoms with Crippen molar-refractivity contribution < 1.29 is 45.6 Å². The second kappa shape index (κ2) is 10.9. The van der Waals surface area contributed by atoms with Crippen molar-refractivity contribution in [2.24, 2.45) is 0 Å². The van der Waals surface area contributed by atoms with Crippen LogP contribution in [0.1, 0.15) is 0 Å². The average Bonchev–Trinajstić information content (AvgIpc) is 0.811. The van der Waals surface area contributed by atoms with Crippen LogP contribution in [0.15, 0.2) is 0 Å². The van der Waals surface area contributed by atoms with Crippen molar-refractivity contribution in [3.63, 3.8) is 0 Å². The predicted molar refractivity (Wildman–Crippen MR) is 24.6 cm³/mol. The van der Waals surface area contributed by atoms with E-state index in [9.17, 15) is 0 Å². The molecule has 2 nitrogen and oxygen atoms in total. The summed E-state index contributed by atoms with van der Waals surface area (Å²) in [7, 11) is 0. The Hall–Kier alpha value is 3.04. The van der Waals surface area contributed by atoms with E-state index in [0.717, 1.165) is 0 Å². The third-order valence-corrected chi connectivity index (χ3v) is 0. The van der Waals surface area contributed by atoms with E-state index in [1.165, 1.54) is 0 Å². The Bertz CT molecular complexity index is 18.3. The summed E-state index contributed by atoms with van der Waals surface area (Å²) in [5, 5.41) is 14.8. The van der Waals surface area contributed by atoms with E-state index in [0.29, 0.717) is 0 Å². The van der Waals surface area contributed by atoms with Crippen LogP contribution in [-0.4, -0.2) is 65.5 Å². The van der Waals surface area contributed by atoms with E-state index in [4.69, 9.17) is 10.0 Å². The topological polar surface area (TPSA) is 40.5 Å². The Morgan fingerprint density at radius 2 is 1.33 bits per heavy atom. The van der Waals surface area contributed by atoms with Gasteiger partial charge in [-0.2, -0.15) is 0 Å². The zero-order valence-corrected chi connectivity index (χ0v) is 6.81. The molecule has 1 radical (unpaired) electrons. The molecule has 0 aliphatic heterocycles. The molecule has 6 heteroatoms. The summed E-state index contributed by atoms with van der Waals surface area (Å²) < 4.78 is 0. The van der Waals surface area contributed by atoms with E-state index in [1.54, 1.807) is 0 Å². The van der Waals surface area contributed by atoms with Crippen LogP contribution in [0.25, 0.3) is 0 Å². The van der Waals surface area contributed by atoms with E-state index in [1.807, 2.05) is 0 Å². The molecule has 6 heavy (non-hydrogen) atoms. The van der Waals surface area contributed by atoms with E-state index >= 15 is 0 Å². The largest absolute Gasteiger partial charge is 0 e. The molecule has 0 fully saturated rings. The van der Waals surface area contributed by atoms with Gasteiger partial charge in [0, 0.05) is 35.6 Å². The van der Waals surface area contributed by atoms with Crippen LogP contribution in [0.5, 0.6) is 0 Å². The van der Waals surface area contributed by atoms with Crippen LogP contribution < -0.4 is 0 Å². The summed E-state index contributed by atoms with van der Waals surface area (Å²) >= 11 is 4.39. The maximum Gasteiger partial charge on any atom is 0 e. The predicted octanol–water partition coefficient (Wildman–Crippen LogP) is -1.72. The standard InChI is InChI=1S/BClH2O2.Ba.La.2H/c2-1(3)4;;;;/h3-4H;;;;. The van der Waals surface area contributed by atoms with Gasteiger partial charge in [0.1, 0.15) is 0 Å². The van der Waals surface area contributed by atoms with Gasteiger partial charge in [-0.3, -0.25) is 0 Å². The molecule has 0 aromatic carbocycles. The van der Waals surface area contributed by atoms with Gasteiger partial charge in [-0.05, 0) is 0 Å². The third kappa shape index (κ3) is 27.8. The first-order valence-electron chi connectivity index (χ1n) is 0.735. The molecule has 0 saturated carbocycles. The summed E-state index contributed by atoms with van der Waals surface area (Å²) in [4.78, 5) is 0.